The number of aryl methyl sites for hydroxylation is 3. The van der Waals surface area contributed by atoms with Crippen molar-refractivity contribution in [2.75, 3.05) is 148 Å². The molecule has 0 aromatic carbocycles. The molecule has 28 heteroatoms. The van der Waals surface area contributed by atoms with E-state index in [-0.39, 0.29) is 43.9 Å². The number of Topliss-reactive ketones (excluding diaryl/α,β-unsaturated/α-hetero) is 2. The van der Waals surface area contributed by atoms with E-state index in [9.17, 15) is 19.5 Å². The Morgan fingerprint density at radius 3 is 1.16 bits per heavy atom. The van der Waals surface area contributed by atoms with Crippen LogP contribution in [0.15, 0.2) is 55.0 Å². The minimum Gasteiger partial charge on any atom is -0.491 e. The number of carbonyl (C=O) groups excluding carboxylic acids is 2. The molecule has 5 aliphatic heterocycles. The Balaban J connectivity index is 0.000000152. The summed E-state index contributed by atoms with van der Waals surface area (Å²) in [7, 11) is 5.62. The molecule has 5 saturated heterocycles. The van der Waals surface area contributed by atoms with Gasteiger partial charge in [-0.3, -0.25) is 29.3 Å². The lowest BCUT2D eigenvalue weighted by Crippen LogP contribution is -2.30. The number of aliphatic carboxylic acids is 1. The van der Waals surface area contributed by atoms with Crippen molar-refractivity contribution in [1.82, 2.24) is 44.9 Å². The van der Waals surface area contributed by atoms with E-state index in [2.05, 4.69) is 19.9 Å². The van der Waals surface area contributed by atoms with Gasteiger partial charge in [-0.2, -0.15) is 0 Å². The van der Waals surface area contributed by atoms with Crippen molar-refractivity contribution < 1.29 is 72.0 Å². The van der Waals surface area contributed by atoms with Gasteiger partial charge in [-0.1, -0.05) is 0 Å². The maximum absolute atomic E-state index is 12.8. The zero-order chi connectivity index (χ0) is 73.8. The average Bonchev–Trinajstić information content (AvgIpc) is 1.56. The van der Waals surface area contributed by atoms with Crippen LogP contribution in [0, 0.1) is 11.8 Å². The fraction of sp³-hybridized carbons (Fsp3) is 0.615. The summed E-state index contributed by atoms with van der Waals surface area (Å²) in [6.07, 6.45) is 26.7. The molecule has 14 rings (SSSR count). The van der Waals surface area contributed by atoms with Gasteiger partial charge in [0.15, 0.2) is 41.6 Å². The van der Waals surface area contributed by atoms with Crippen molar-refractivity contribution in [3.63, 3.8) is 0 Å². The highest BCUT2D eigenvalue weighted by Gasteiger charge is 2.29. The molecule has 0 spiro atoms. The van der Waals surface area contributed by atoms with E-state index < -0.39 is 5.97 Å². The monoisotopic (exact) mass is 1470 g/mol. The molecule has 0 saturated carbocycles. The third-order valence-corrected chi connectivity index (χ3v) is 19.8. The van der Waals surface area contributed by atoms with Crippen molar-refractivity contribution in [1.29, 1.82) is 0 Å². The highest BCUT2D eigenvalue weighted by Crippen LogP contribution is 2.36. The van der Waals surface area contributed by atoms with Gasteiger partial charge in [-0.25, -0.2) is 29.9 Å². The number of carboxylic acids is 1. The second-order valence-electron chi connectivity index (χ2n) is 28.2. The predicted octanol–water partition coefficient (Wildman–Crippen LogP) is 8.59. The zero-order valence-electron chi connectivity index (χ0n) is 62.0. The van der Waals surface area contributed by atoms with Crippen LogP contribution in [0.25, 0.3) is 34.6 Å². The van der Waals surface area contributed by atoms with Crippen LogP contribution in [-0.2, 0) is 86.1 Å². The molecule has 0 amide bonds. The number of fused-ring (bicyclic) bond motifs is 3. The van der Waals surface area contributed by atoms with Gasteiger partial charge in [-0.15, -0.1) is 0 Å². The predicted molar refractivity (Wildman–Crippen MR) is 396 cm³/mol. The molecule has 5 fully saturated rings. The molecule has 574 valence electrons. The third-order valence-electron chi connectivity index (χ3n) is 19.8. The van der Waals surface area contributed by atoms with Crippen LogP contribution < -0.4 is 34.6 Å². The van der Waals surface area contributed by atoms with Crippen molar-refractivity contribution in [2.24, 2.45) is 17.6 Å². The van der Waals surface area contributed by atoms with E-state index in [0.717, 1.165) is 233 Å². The largest absolute Gasteiger partial charge is 0.491 e. The molecule has 3 aliphatic carbocycles. The van der Waals surface area contributed by atoms with E-state index in [1.54, 1.807) is 54.8 Å². The summed E-state index contributed by atoms with van der Waals surface area (Å²) < 4.78 is 55.8. The first kappa shape index (κ1) is 79.0. The highest BCUT2D eigenvalue weighted by molar-refractivity contribution is 5.84. The molecule has 4 N–H and O–H groups in total. The number of aliphatic hydroxyl groups is 1. The Hall–Kier alpha value is -8.06. The quantitative estimate of drug-likeness (QED) is 0.0370. The maximum atomic E-state index is 12.8. The first-order valence-corrected chi connectivity index (χ1v) is 38.2. The lowest BCUT2D eigenvalue weighted by atomic mass is 9.94. The van der Waals surface area contributed by atoms with Gasteiger partial charge in [0.05, 0.1) is 32.9 Å². The third kappa shape index (κ3) is 24.0. The SMILES string of the molecule is CN(CC(=O)CC1CCOCC1)c1nc(-c2cc(OCCO)ccn2)nc2c1CCC2.CN(CC(=O)CC1CCOCC1)c1nc(-c2cc(OCCOC3CCCCO3)ccn2)nc2c1CCC2.CN(CC(=O)O)c1nc(-c2cc(OCCOC3CCCCO3)ccn2)nc2c1CCC2.NC1CCOCC1. The molecule has 11 heterocycles. The molecule has 0 radical (unpaired) electrons. The van der Waals surface area contributed by atoms with Crippen molar-refractivity contribution in [3.05, 3.63) is 88.8 Å². The standard InChI is InChI=1S/C28H38N4O5.C23H30N4O4.C22H28N4O5.C5H11NO/c1-32(19-21(33)17-20-9-13-34-14-10-20)28-23-5-4-6-24(23)30-27(31-28)25-18-22(8-11-29-25)35-15-16-37-26-7-2-3-12-36-26;1-27(15-17(29)13-16-6-10-30-11-7-16)23-19-3-2-4-20(19)25-22(26-23)21-14-18(5-8-24-21)31-12-9-28;1-26(14-19(27)28)22-16-5-4-6-17(16)24-21(25-22)18-13-15(8-9-23-18)29-11-12-31-20-7-2-3-10-30-20;6-5-1-3-7-4-2-5/h8,11,18,20,26H,2-7,9-10,12-17,19H2,1H3;5,8,14,16,28H,2-4,6-7,9-13,15H2,1H3;8-9,13,20H,2-7,10-12,14H2,1H3,(H,27,28);5H,1-4,6H2. The molecule has 28 nitrogen and oxygen atoms in total. The van der Waals surface area contributed by atoms with Crippen molar-refractivity contribution in [2.45, 2.75) is 166 Å². The smallest absolute Gasteiger partial charge is 0.323 e. The first-order valence-electron chi connectivity index (χ1n) is 38.2. The average molecular weight is 1470 g/mol. The van der Waals surface area contributed by atoms with Crippen LogP contribution in [0.2, 0.25) is 0 Å². The van der Waals surface area contributed by atoms with E-state index in [0.29, 0.717) is 128 Å². The second kappa shape index (κ2) is 41.3. The topological polar surface area (TPSA) is 336 Å². The zero-order valence-corrected chi connectivity index (χ0v) is 62.0. The first-order chi connectivity index (χ1) is 51.8. The van der Waals surface area contributed by atoms with E-state index >= 15 is 0 Å². The Labute approximate surface area is 621 Å². The Morgan fingerprint density at radius 1 is 0.453 bits per heavy atom. The van der Waals surface area contributed by atoms with Crippen LogP contribution >= 0.6 is 0 Å². The van der Waals surface area contributed by atoms with Gasteiger partial charge in [-0.05, 0) is 165 Å². The summed E-state index contributed by atoms with van der Waals surface area (Å²) in [5, 5.41) is 18.2. The van der Waals surface area contributed by atoms with Crippen LogP contribution in [0.5, 0.6) is 17.2 Å². The number of carboxylic acid groups (broad SMARTS) is 1. The number of anilines is 3. The second-order valence-corrected chi connectivity index (χ2v) is 28.2. The summed E-state index contributed by atoms with van der Waals surface area (Å²) in [5.74, 6) is 6.30. The summed E-state index contributed by atoms with van der Waals surface area (Å²) in [5.41, 5.74) is 13.8. The van der Waals surface area contributed by atoms with Crippen molar-refractivity contribution >= 4 is 35.0 Å². The number of carbonyl (C=O) groups is 3. The number of nitrogens with zero attached hydrogens (tertiary/aromatic N) is 12. The molecule has 6 aromatic rings. The lowest BCUT2D eigenvalue weighted by molar-refractivity contribution is -0.165. The Bertz CT molecular complexity index is 3770. The fourth-order valence-electron chi connectivity index (χ4n) is 14.3. The maximum Gasteiger partial charge on any atom is 0.323 e. The fourth-order valence-corrected chi connectivity index (χ4v) is 14.3. The number of aliphatic hydroxyl groups excluding tert-OH is 1. The van der Waals surface area contributed by atoms with Gasteiger partial charge < -0.3 is 78.0 Å². The van der Waals surface area contributed by atoms with Crippen LogP contribution in [0.1, 0.15) is 143 Å². The molecular weight excluding hydrogens is 1360 g/mol. The summed E-state index contributed by atoms with van der Waals surface area (Å²) >= 11 is 0. The molecule has 0 bridgehead atoms. The van der Waals surface area contributed by atoms with Crippen LogP contribution in [0.3, 0.4) is 0 Å². The summed E-state index contributed by atoms with van der Waals surface area (Å²) in [6.45, 7) is 8.75. The number of likely N-dealkylation sites (N-methyl/N-ethyl adjacent to an activating group) is 3. The Morgan fingerprint density at radius 2 is 0.821 bits per heavy atom. The number of aromatic nitrogens is 9. The van der Waals surface area contributed by atoms with Crippen molar-refractivity contribution in [3.8, 4) is 51.8 Å². The normalized spacial score (nSPS) is 18.6. The Kier molecular flexibility index (Phi) is 30.8. The van der Waals surface area contributed by atoms with Gasteiger partial charge in [0.2, 0.25) is 0 Å². The van der Waals surface area contributed by atoms with E-state index in [4.69, 9.17) is 83.1 Å². The molecule has 2 unspecified atom stereocenters. The van der Waals surface area contributed by atoms with Gasteiger partial charge in [0.25, 0.3) is 0 Å². The number of hydrogen-bond donors (Lipinski definition) is 3. The van der Waals surface area contributed by atoms with Gasteiger partial charge in [0, 0.05) is 163 Å². The van der Waals surface area contributed by atoms with Gasteiger partial charge >= 0.3 is 5.97 Å². The number of ketones is 2. The van der Waals surface area contributed by atoms with Crippen LogP contribution in [-0.4, -0.2) is 225 Å². The van der Waals surface area contributed by atoms with Gasteiger partial charge in [0.1, 0.15) is 78.1 Å². The molecule has 8 aliphatic rings. The number of ether oxygens (including phenoxy) is 10. The lowest BCUT2D eigenvalue weighted by Gasteiger charge is -2.24. The minimum absolute atomic E-state index is 0.0517. The number of nitrogens with two attached hydrogens (primary N) is 1. The molecular formula is C78H107N13O15. The summed E-state index contributed by atoms with van der Waals surface area (Å²) in [4.78, 5) is 84.4. The minimum atomic E-state index is -0.899. The molecule has 2 atom stereocenters. The van der Waals surface area contributed by atoms with E-state index in [1.165, 1.54) is 0 Å². The summed E-state index contributed by atoms with van der Waals surface area (Å²) in [6, 6.07) is 11.2. The van der Waals surface area contributed by atoms with E-state index in [1.807, 2.05) is 36.0 Å². The molecule has 106 heavy (non-hydrogen) atoms. The number of rotatable bonds is 29. The number of pyridine rings is 3. The highest BCUT2D eigenvalue weighted by atomic mass is 16.7. The molecule has 6 aromatic heterocycles. The van der Waals surface area contributed by atoms with Crippen LogP contribution in [0.4, 0.5) is 17.5 Å². The number of hydrogen-bond acceptors (Lipinski definition) is 27.